The standard InChI is InChI=1S/C32H34N2O6/c1-39-27-17-16-24-19-34(26(32(37)38)18-25(24)29(27)40-20-21-10-4-2-5-11-21)31(36)28(22-12-6-3-7-13-22)33-30(35)23-14-8-9-15-23/h2-7,10-13,16-17,23,26,28H,8-9,14-15,18-20H2,1H3,(H,33,35)(H,37,38)/t26-,28+/m1/s1. The fourth-order valence-corrected chi connectivity index (χ4v) is 5.66. The molecule has 0 saturated heterocycles. The fraction of sp³-hybridized carbons (Fsp3) is 0.344. The maximum absolute atomic E-state index is 14.1. The Balaban J connectivity index is 1.46. The number of ether oxygens (including phenoxy) is 2. The zero-order valence-corrected chi connectivity index (χ0v) is 22.5. The first-order valence-electron chi connectivity index (χ1n) is 13.7. The number of carbonyl (C=O) groups is 3. The SMILES string of the molecule is COc1ccc2c(c1OCc1ccccc1)C[C@H](C(=O)O)N(C(=O)[C@@H](NC(=O)C1CCCC1)c1ccccc1)C2. The molecule has 0 radical (unpaired) electrons. The fourth-order valence-electron chi connectivity index (χ4n) is 5.66. The first-order chi connectivity index (χ1) is 19.5. The molecule has 1 heterocycles. The third kappa shape index (κ3) is 5.81. The summed E-state index contributed by atoms with van der Waals surface area (Å²) in [6, 6.07) is 20.2. The molecule has 3 aromatic rings. The molecular weight excluding hydrogens is 508 g/mol. The number of rotatable bonds is 9. The molecule has 1 aliphatic carbocycles. The summed E-state index contributed by atoms with van der Waals surface area (Å²) in [5, 5.41) is 13.2. The van der Waals surface area contributed by atoms with E-state index in [9.17, 15) is 19.5 Å². The van der Waals surface area contributed by atoms with Crippen molar-refractivity contribution in [2.45, 2.75) is 57.3 Å². The first-order valence-corrected chi connectivity index (χ1v) is 13.7. The molecule has 8 nitrogen and oxygen atoms in total. The average Bonchev–Trinajstić information content (AvgIpc) is 3.54. The van der Waals surface area contributed by atoms with Crippen molar-refractivity contribution in [1.29, 1.82) is 0 Å². The minimum atomic E-state index is -1.14. The zero-order chi connectivity index (χ0) is 28.1. The zero-order valence-electron chi connectivity index (χ0n) is 22.5. The highest BCUT2D eigenvalue weighted by molar-refractivity contribution is 5.92. The van der Waals surface area contributed by atoms with Crippen LogP contribution in [0.4, 0.5) is 0 Å². The van der Waals surface area contributed by atoms with E-state index >= 15 is 0 Å². The molecule has 1 saturated carbocycles. The van der Waals surface area contributed by atoms with Gasteiger partial charge in [-0.3, -0.25) is 9.59 Å². The molecule has 208 valence electrons. The maximum Gasteiger partial charge on any atom is 0.326 e. The molecule has 1 aliphatic heterocycles. The Labute approximate surface area is 233 Å². The smallest absolute Gasteiger partial charge is 0.326 e. The highest BCUT2D eigenvalue weighted by Gasteiger charge is 2.40. The van der Waals surface area contributed by atoms with Gasteiger partial charge in [-0.05, 0) is 35.6 Å². The van der Waals surface area contributed by atoms with Crippen molar-refractivity contribution in [3.05, 3.63) is 95.1 Å². The summed E-state index contributed by atoms with van der Waals surface area (Å²) >= 11 is 0. The van der Waals surface area contributed by atoms with Gasteiger partial charge in [0.1, 0.15) is 18.7 Å². The quantitative estimate of drug-likeness (QED) is 0.408. The Hall–Kier alpha value is -4.33. The first kappa shape index (κ1) is 27.2. The number of carbonyl (C=O) groups excluding carboxylic acids is 2. The van der Waals surface area contributed by atoms with Gasteiger partial charge in [0, 0.05) is 24.4 Å². The molecule has 2 amide bonds. The van der Waals surface area contributed by atoms with Crippen molar-refractivity contribution in [2.24, 2.45) is 5.92 Å². The molecule has 2 aliphatic rings. The van der Waals surface area contributed by atoms with E-state index in [0.29, 0.717) is 22.6 Å². The van der Waals surface area contributed by atoms with Gasteiger partial charge in [-0.1, -0.05) is 79.6 Å². The van der Waals surface area contributed by atoms with Crippen molar-refractivity contribution < 1.29 is 29.0 Å². The number of carboxylic acids is 1. The normalized spacial score (nSPS) is 17.5. The van der Waals surface area contributed by atoms with Gasteiger partial charge >= 0.3 is 5.97 Å². The molecule has 1 fully saturated rings. The van der Waals surface area contributed by atoms with Crippen molar-refractivity contribution in [2.75, 3.05) is 7.11 Å². The number of nitrogens with zero attached hydrogens (tertiary/aromatic N) is 1. The number of hydrogen-bond donors (Lipinski definition) is 2. The summed E-state index contributed by atoms with van der Waals surface area (Å²) in [7, 11) is 1.54. The topological polar surface area (TPSA) is 105 Å². The molecular formula is C32H34N2O6. The Morgan fingerprint density at radius 2 is 1.65 bits per heavy atom. The van der Waals surface area contributed by atoms with Crippen LogP contribution in [-0.4, -0.2) is 40.9 Å². The lowest BCUT2D eigenvalue weighted by Crippen LogP contribution is -2.53. The Kier molecular flexibility index (Phi) is 8.34. The lowest BCUT2D eigenvalue weighted by molar-refractivity contribution is -0.153. The van der Waals surface area contributed by atoms with Gasteiger partial charge in [0.25, 0.3) is 5.91 Å². The van der Waals surface area contributed by atoms with E-state index < -0.39 is 24.0 Å². The van der Waals surface area contributed by atoms with Crippen LogP contribution in [-0.2, 0) is 34.0 Å². The lowest BCUT2D eigenvalue weighted by atomic mass is 9.91. The predicted molar refractivity (Wildman–Crippen MR) is 149 cm³/mol. The minimum Gasteiger partial charge on any atom is -0.493 e. The van der Waals surface area contributed by atoms with E-state index in [4.69, 9.17) is 9.47 Å². The van der Waals surface area contributed by atoms with Crippen LogP contribution in [0.2, 0.25) is 0 Å². The van der Waals surface area contributed by atoms with Crippen LogP contribution >= 0.6 is 0 Å². The van der Waals surface area contributed by atoms with Gasteiger partial charge in [-0.25, -0.2) is 4.79 Å². The van der Waals surface area contributed by atoms with Crippen LogP contribution in [0.25, 0.3) is 0 Å². The average molecular weight is 543 g/mol. The Morgan fingerprint density at radius 1 is 0.975 bits per heavy atom. The van der Waals surface area contributed by atoms with Gasteiger partial charge in [0.05, 0.1) is 7.11 Å². The molecule has 3 aromatic carbocycles. The predicted octanol–water partition coefficient (Wildman–Crippen LogP) is 4.66. The van der Waals surface area contributed by atoms with Gasteiger partial charge in [-0.15, -0.1) is 0 Å². The Bertz CT molecular complexity index is 1350. The number of carboxylic acid groups (broad SMARTS) is 1. The van der Waals surface area contributed by atoms with Crippen molar-refractivity contribution in [3.63, 3.8) is 0 Å². The molecule has 2 atom stereocenters. The third-order valence-corrected chi connectivity index (χ3v) is 7.84. The molecule has 2 N–H and O–H groups in total. The number of amides is 2. The summed E-state index contributed by atoms with van der Waals surface area (Å²) in [4.78, 5) is 41.1. The van der Waals surface area contributed by atoms with E-state index in [0.717, 1.165) is 36.8 Å². The summed E-state index contributed by atoms with van der Waals surface area (Å²) < 4.78 is 11.7. The summed E-state index contributed by atoms with van der Waals surface area (Å²) in [6.07, 6.45) is 3.62. The van der Waals surface area contributed by atoms with Crippen LogP contribution < -0.4 is 14.8 Å². The lowest BCUT2D eigenvalue weighted by Gasteiger charge is -2.37. The van der Waals surface area contributed by atoms with E-state index in [1.165, 1.54) is 4.90 Å². The van der Waals surface area contributed by atoms with E-state index in [1.54, 1.807) is 37.4 Å². The van der Waals surface area contributed by atoms with Crippen molar-refractivity contribution in [1.82, 2.24) is 10.2 Å². The number of nitrogens with one attached hydrogen (secondary N) is 1. The number of methoxy groups -OCH3 is 1. The molecule has 40 heavy (non-hydrogen) atoms. The number of aliphatic carboxylic acids is 1. The minimum absolute atomic E-state index is 0.0514. The summed E-state index contributed by atoms with van der Waals surface area (Å²) in [5.74, 6) is -0.873. The molecule has 0 unspecified atom stereocenters. The maximum atomic E-state index is 14.1. The second kappa shape index (κ2) is 12.2. The number of benzene rings is 3. The largest absolute Gasteiger partial charge is 0.493 e. The van der Waals surface area contributed by atoms with E-state index in [2.05, 4.69) is 5.32 Å². The number of hydrogen-bond acceptors (Lipinski definition) is 5. The molecule has 8 heteroatoms. The van der Waals surface area contributed by atoms with Gasteiger partial charge in [-0.2, -0.15) is 0 Å². The van der Waals surface area contributed by atoms with Crippen LogP contribution in [0, 0.1) is 5.92 Å². The summed E-state index contributed by atoms with van der Waals surface area (Å²) in [5.41, 5.74) is 3.07. The van der Waals surface area contributed by atoms with Crippen molar-refractivity contribution >= 4 is 17.8 Å². The molecule has 5 rings (SSSR count). The molecule has 0 bridgehead atoms. The van der Waals surface area contributed by atoms with Gasteiger partial charge in [0.15, 0.2) is 11.5 Å². The van der Waals surface area contributed by atoms with Gasteiger partial charge < -0.3 is 24.8 Å². The Morgan fingerprint density at radius 3 is 2.30 bits per heavy atom. The highest BCUT2D eigenvalue weighted by atomic mass is 16.5. The number of fused-ring (bicyclic) bond motifs is 1. The monoisotopic (exact) mass is 542 g/mol. The second-order valence-electron chi connectivity index (χ2n) is 10.4. The van der Waals surface area contributed by atoms with E-state index in [-0.39, 0.29) is 31.4 Å². The van der Waals surface area contributed by atoms with Crippen LogP contribution in [0.5, 0.6) is 11.5 Å². The molecule has 0 aromatic heterocycles. The summed E-state index contributed by atoms with van der Waals surface area (Å²) in [6.45, 7) is 0.358. The molecule has 0 spiro atoms. The van der Waals surface area contributed by atoms with Gasteiger partial charge in [0.2, 0.25) is 5.91 Å². The third-order valence-electron chi connectivity index (χ3n) is 7.84. The van der Waals surface area contributed by atoms with Crippen LogP contribution in [0.15, 0.2) is 72.8 Å². The highest BCUT2D eigenvalue weighted by Crippen LogP contribution is 2.39. The van der Waals surface area contributed by atoms with Crippen LogP contribution in [0.1, 0.15) is 54.0 Å². The second-order valence-corrected chi connectivity index (χ2v) is 10.4. The van der Waals surface area contributed by atoms with E-state index in [1.807, 2.05) is 42.5 Å². The van der Waals surface area contributed by atoms with Crippen LogP contribution in [0.3, 0.4) is 0 Å². The van der Waals surface area contributed by atoms with Crippen molar-refractivity contribution in [3.8, 4) is 11.5 Å².